The quantitative estimate of drug-likeness (QED) is 0.682. The lowest BCUT2D eigenvalue weighted by molar-refractivity contribution is -0.115. The zero-order valence-electron chi connectivity index (χ0n) is 16.4. The Morgan fingerprint density at radius 1 is 1.24 bits per heavy atom. The number of benzene rings is 1. The largest absolute Gasteiger partial charge is 0.343 e. The van der Waals surface area contributed by atoms with Crippen molar-refractivity contribution in [1.82, 2.24) is 15.2 Å². The molecule has 3 rings (SSSR count). The third-order valence-corrected chi connectivity index (χ3v) is 6.07. The Labute approximate surface area is 184 Å². The molecule has 0 bridgehead atoms. The molecule has 2 amide bonds. The number of nitrogens with one attached hydrogen (secondary N) is 2. The molecule has 0 spiro atoms. The molecule has 0 aliphatic carbocycles. The highest BCUT2D eigenvalue weighted by atomic mass is 35.5. The number of carbonyl (C=O) groups is 2. The molecule has 2 atom stereocenters. The van der Waals surface area contributed by atoms with Gasteiger partial charge in [0.1, 0.15) is 0 Å². The lowest BCUT2D eigenvalue weighted by Gasteiger charge is -2.34. The molecule has 1 aromatic carbocycles. The average Bonchev–Trinajstić information content (AvgIpc) is 3.05. The second kappa shape index (κ2) is 9.89. The number of rotatable bonds is 6. The van der Waals surface area contributed by atoms with E-state index in [1.165, 1.54) is 29.9 Å². The van der Waals surface area contributed by atoms with E-state index >= 15 is 0 Å². The molecule has 29 heavy (non-hydrogen) atoms. The van der Waals surface area contributed by atoms with Gasteiger partial charge in [-0.3, -0.25) is 14.5 Å². The van der Waals surface area contributed by atoms with Crippen molar-refractivity contribution in [2.24, 2.45) is 11.8 Å². The summed E-state index contributed by atoms with van der Waals surface area (Å²) in [6.07, 6.45) is 1.27. The predicted molar refractivity (Wildman–Crippen MR) is 118 cm³/mol. The van der Waals surface area contributed by atoms with Gasteiger partial charge in [0.15, 0.2) is 5.13 Å². The molecule has 1 saturated heterocycles. The smallest absolute Gasteiger partial charge is 0.253 e. The second-order valence-corrected chi connectivity index (χ2v) is 9.34. The predicted octanol–water partition coefficient (Wildman–Crippen LogP) is 4.30. The lowest BCUT2D eigenvalue weighted by Crippen LogP contribution is -2.38. The fraction of sp³-hybridized carbons (Fsp3) is 0.450. The van der Waals surface area contributed by atoms with Gasteiger partial charge in [-0.2, -0.15) is 0 Å². The fourth-order valence-corrected chi connectivity index (χ4v) is 4.89. The number of thiazole rings is 1. The minimum atomic E-state index is -0.435. The maximum Gasteiger partial charge on any atom is 0.253 e. The van der Waals surface area contributed by atoms with Crippen LogP contribution in [-0.4, -0.2) is 41.3 Å². The van der Waals surface area contributed by atoms with Gasteiger partial charge >= 0.3 is 0 Å². The summed E-state index contributed by atoms with van der Waals surface area (Å²) in [5.41, 5.74) is 1.22. The van der Waals surface area contributed by atoms with Crippen molar-refractivity contribution < 1.29 is 9.59 Å². The maximum absolute atomic E-state index is 12.2. The average molecular weight is 455 g/mol. The van der Waals surface area contributed by atoms with Crippen LogP contribution in [0.3, 0.4) is 0 Å². The number of carbonyl (C=O) groups excluding carboxylic acids is 2. The highest BCUT2D eigenvalue weighted by molar-refractivity contribution is 7.13. The Hall–Kier alpha value is -1.67. The van der Waals surface area contributed by atoms with Gasteiger partial charge in [-0.1, -0.05) is 37.0 Å². The number of likely N-dealkylation sites (tertiary alicyclic amines) is 1. The van der Waals surface area contributed by atoms with Crippen LogP contribution < -0.4 is 10.6 Å². The minimum Gasteiger partial charge on any atom is -0.343 e. The lowest BCUT2D eigenvalue weighted by atomic mass is 9.92. The van der Waals surface area contributed by atoms with Crippen LogP contribution in [-0.2, 0) is 11.3 Å². The van der Waals surface area contributed by atoms with Gasteiger partial charge in [0.2, 0.25) is 5.91 Å². The van der Waals surface area contributed by atoms with Crippen molar-refractivity contribution in [2.45, 2.75) is 26.8 Å². The zero-order valence-corrected chi connectivity index (χ0v) is 18.7. The third-order valence-electron chi connectivity index (χ3n) is 4.71. The van der Waals surface area contributed by atoms with E-state index in [1.807, 2.05) is 5.38 Å². The molecule has 156 valence electrons. The van der Waals surface area contributed by atoms with E-state index < -0.39 is 5.91 Å². The first kappa shape index (κ1) is 22.0. The number of nitrogens with zero attached hydrogens (tertiary/aromatic N) is 2. The highest BCUT2D eigenvalue weighted by Crippen LogP contribution is 2.24. The fourth-order valence-electron chi connectivity index (χ4n) is 3.68. The van der Waals surface area contributed by atoms with Gasteiger partial charge in [-0.15, -0.1) is 11.3 Å². The van der Waals surface area contributed by atoms with Gasteiger partial charge in [0.25, 0.3) is 5.91 Å². The number of amides is 2. The van der Waals surface area contributed by atoms with Gasteiger partial charge in [-0.25, -0.2) is 4.98 Å². The number of aromatic nitrogens is 1. The van der Waals surface area contributed by atoms with Crippen LogP contribution in [0.2, 0.25) is 10.0 Å². The third kappa shape index (κ3) is 6.40. The van der Waals surface area contributed by atoms with Crippen LogP contribution >= 0.6 is 34.5 Å². The molecule has 9 heteroatoms. The SMILES string of the molecule is C[C@@H]1C[C@H](C)CN(Cc2csc(NC(=O)CNC(=O)c3ccc(Cl)cc3Cl)n2)C1. The Kier molecular flexibility index (Phi) is 7.51. The molecule has 1 aromatic heterocycles. The van der Waals surface area contributed by atoms with Crippen molar-refractivity contribution in [3.8, 4) is 0 Å². The minimum absolute atomic E-state index is 0.173. The van der Waals surface area contributed by atoms with Crippen LogP contribution in [0.25, 0.3) is 0 Å². The Morgan fingerprint density at radius 3 is 2.66 bits per heavy atom. The molecule has 2 heterocycles. The summed E-state index contributed by atoms with van der Waals surface area (Å²) in [5, 5.41) is 8.45. The van der Waals surface area contributed by atoms with Crippen LogP contribution in [0.5, 0.6) is 0 Å². The molecule has 2 N–H and O–H groups in total. The normalized spacial score (nSPS) is 19.7. The van der Waals surface area contributed by atoms with E-state index in [0.29, 0.717) is 22.0 Å². The number of hydrogen-bond acceptors (Lipinski definition) is 5. The number of anilines is 1. The van der Waals surface area contributed by atoms with Crippen LogP contribution in [0.1, 0.15) is 36.3 Å². The van der Waals surface area contributed by atoms with E-state index in [2.05, 4.69) is 34.4 Å². The monoisotopic (exact) mass is 454 g/mol. The topological polar surface area (TPSA) is 74.3 Å². The van der Waals surface area contributed by atoms with Crippen LogP contribution in [0.15, 0.2) is 23.6 Å². The van der Waals surface area contributed by atoms with E-state index in [4.69, 9.17) is 23.2 Å². The van der Waals surface area contributed by atoms with Gasteiger partial charge in [0.05, 0.1) is 22.8 Å². The van der Waals surface area contributed by atoms with Crippen molar-refractivity contribution in [3.05, 3.63) is 44.9 Å². The van der Waals surface area contributed by atoms with Crippen molar-refractivity contribution in [1.29, 1.82) is 0 Å². The van der Waals surface area contributed by atoms with Gasteiger partial charge in [0, 0.05) is 30.0 Å². The summed E-state index contributed by atoms with van der Waals surface area (Å²) in [5.74, 6) is 0.600. The zero-order chi connectivity index (χ0) is 21.0. The molecule has 2 aromatic rings. The number of piperidine rings is 1. The molecule has 0 unspecified atom stereocenters. The van der Waals surface area contributed by atoms with E-state index in [9.17, 15) is 9.59 Å². The number of halogens is 2. The van der Waals surface area contributed by atoms with Gasteiger partial charge in [-0.05, 0) is 36.5 Å². The van der Waals surface area contributed by atoms with Crippen molar-refractivity contribution >= 4 is 51.5 Å². The first-order chi connectivity index (χ1) is 13.8. The highest BCUT2D eigenvalue weighted by Gasteiger charge is 2.22. The first-order valence-electron chi connectivity index (χ1n) is 9.50. The molecular weight excluding hydrogens is 431 g/mol. The Balaban J connectivity index is 1.48. The molecule has 1 aliphatic rings. The molecule has 6 nitrogen and oxygen atoms in total. The number of hydrogen-bond donors (Lipinski definition) is 2. The summed E-state index contributed by atoms with van der Waals surface area (Å²) in [6, 6.07) is 4.58. The molecule has 1 fully saturated rings. The Bertz CT molecular complexity index is 879. The maximum atomic E-state index is 12.2. The van der Waals surface area contributed by atoms with Crippen molar-refractivity contribution in [2.75, 3.05) is 25.0 Å². The summed E-state index contributed by atoms with van der Waals surface area (Å²) in [7, 11) is 0. The van der Waals surface area contributed by atoms with E-state index in [0.717, 1.165) is 25.3 Å². The Morgan fingerprint density at radius 2 is 1.97 bits per heavy atom. The van der Waals surface area contributed by atoms with E-state index in [-0.39, 0.29) is 23.0 Å². The van der Waals surface area contributed by atoms with Gasteiger partial charge < -0.3 is 10.6 Å². The summed E-state index contributed by atoms with van der Waals surface area (Å²) >= 11 is 13.2. The summed E-state index contributed by atoms with van der Waals surface area (Å²) in [6.45, 7) is 7.31. The molecule has 1 aliphatic heterocycles. The summed E-state index contributed by atoms with van der Waals surface area (Å²) < 4.78 is 0. The standard InChI is InChI=1S/C20H24Cl2N4O2S/c1-12-5-13(2)9-26(8-12)10-15-11-29-20(24-15)25-18(27)7-23-19(28)16-4-3-14(21)6-17(16)22/h3-4,6,11-13H,5,7-10H2,1-2H3,(H,23,28)(H,24,25,27)/t12-,13+. The first-order valence-corrected chi connectivity index (χ1v) is 11.1. The van der Waals surface area contributed by atoms with Crippen molar-refractivity contribution in [3.63, 3.8) is 0 Å². The second-order valence-electron chi connectivity index (χ2n) is 7.64. The van der Waals surface area contributed by atoms with Crippen LogP contribution in [0, 0.1) is 11.8 Å². The molecule has 0 radical (unpaired) electrons. The summed E-state index contributed by atoms with van der Waals surface area (Å²) in [4.78, 5) is 31.2. The van der Waals surface area contributed by atoms with E-state index in [1.54, 1.807) is 6.07 Å². The molecular formula is C20H24Cl2N4O2S. The van der Waals surface area contributed by atoms with Crippen LogP contribution in [0.4, 0.5) is 5.13 Å². The molecule has 0 saturated carbocycles.